The molecule has 0 bridgehead atoms. The first-order valence-electron chi connectivity index (χ1n) is 20.8. The molecule has 4 N–H and O–H groups in total. The fraction of sp³-hybridized carbons (Fsp3) is 0.810. The maximum Gasteiger partial charge on any atom is 0.417 e. The van der Waals surface area contributed by atoms with Crippen LogP contribution in [0.5, 0.6) is 0 Å². The molecule has 0 radical (unpaired) electrons. The summed E-state index contributed by atoms with van der Waals surface area (Å²) in [7, 11) is 0. The number of guanidine groups is 2. The Morgan fingerprint density at radius 3 is 1.28 bits per heavy atom. The second-order valence-corrected chi connectivity index (χ2v) is 18.0. The van der Waals surface area contributed by atoms with Crippen LogP contribution in [0.25, 0.3) is 0 Å². The molecule has 0 spiro atoms. The molecule has 15 nitrogen and oxygen atoms in total. The van der Waals surface area contributed by atoms with Gasteiger partial charge in [0.2, 0.25) is 11.9 Å². The number of ether oxygens (including phenoxy) is 4. The van der Waals surface area contributed by atoms with E-state index in [-0.39, 0.29) is 18.5 Å². The maximum absolute atomic E-state index is 13.0. The normalized spacial score (nSPS) is 12.5. The van der Waals surface area contributed by atoms with Crippen molar-refractivity contribution in [1.82, 2.24) is 26.2 Å². The lowest BCUT2D eigenvalue weighted by atomic mass is 10.1. The maximum atomic E-state index is 13.0. The predicted octanol–water partition coefficient (Wildman–Crippen LogP) is 9.36. The first-order chi connectivity index (χ1) is 26.4. The number of rotatable bonds is 20. The number of unbranched alkanes of at least 4 members (excludes halogenated alkanes) is 10. The second-order valence-electron chi connectivity index (χ2n) is 18.0. The highest BCUT2D eigenvalue weighted by Crippen LogP contribution is 2.13. The molecule has 0 aromatic carbocycles. The summed E-state index contributed by atoms with van der Waals surface area (Å²) >= 11 is 0. The third-order valence-corrected chi connectivity index (χ3v) is 7.30. The highest BCUT2D eigenvalue weighted by Gasteiger charge is 2.28. The first kappa shape index (κ1) is 53.1. The van der Waals surface area contributed by atoms with E-state index in [1.165, 1.54) is 4.90 Å². The highest BCUT2D eigenvalue weighted by atomic mass is 16.6. The van der Waals surface area contributed by atoms with Crippen molar-refractivity contribution in [3.8, 4) is 0 Å². The molecule has 0 aromatic rings. The molecule has 57 heavy (non-hydrogen) atoms. The summed E-state index contributed by atoms with van der Waals surface area (Å²) in [6.07, 6.45) is 13.6. The lowest BCUT2D eigenvalue weighted by molar-refractivity contribution is 0.0370. The Hall–Kier alpha value is -3.88. The van der Waals surface area contributed by atoms with Gasteiger partial charge >= 0.3 is 24.4 Å². The van der Waals surface area contributed by atoms with Crippen LogP contribution in [-0.4, -0.2) is 96.3 Å². The summed E-state index contributed by atoms with van der Waals surface area (Å²) in [6, 6.07) is 0. The summed E-state index contributed by atoms with van der Waals surface area (Å²) < 4.78 is 21.6. The molecule has 4 amide bonds. The van der Waals surface area contributed by atoms with E-state index in [2.05, 4.69) is 31.3 Å². The Labute approximate surface area is 344 Å². The standard InChI is InChI=1S/C42H79N7O8/c1-14-15-32-49(38(53)57-42(11,12)13)34(48-37(52)56-41(8,9)10)45-31-27-23-19-17-21-25-29-43-28-24-20-16-18-22-26-30-44-33(46-35(50)54-39(2,3)4)47-36(51)55-40(5,6)7/h14-15,43H,16-32H2,1-13H3,(H,45,48,52)(H2,44,46,47,50,51)/b15-14+. The van der Waals surface area contributed by atoms with Crippen molar-refractivity contribution < 1.29 is 38.1 Å². The molecule has 0 aliphatic carbocycles. The van der Waals surface area contributed by atoms with Gasteiger partial charge in [-0.25, -0.2) is 24.1 Å². The predicted molar refractivity (Wildman–Crippen MR) is 229 cm³/mol. The third kappa shape index (κ3) is 33.9. The molecule has 0 aromatic heterocycles. The number of hydrogen-bond donors (Lipinski definition) is 4. The van der Waals surface area contributed by atoms with Gasteiger partial charge in [0.15, 0.2) is 0 Å². The number of nitrogens with zero attached hydrogens (tertiary/aromatic N) is 3. The number of amides is 4. The number of alkyl carbamates (subject to hydrolysis) is 3. The van der Waals surface area contributed by atoms with E-state index >= 15 is 0 Å². The van der Waals surface area contributed by atoms with E-state index in [0.717, 1.165) is 90.1 Å². The van der Waals surface area contributed by atoms with E-state index in [1.807, 2.05) is 13.0 Å². The summed E-state index contributed by atoms with van der Waals surface area (Å²) in [6.45, 7) is 26.3. The molecule has 0 unspecified atom stereocenters. The minimum Gasteiger partial charge on any atom is -0.444 e. The van der Waals surface area contributed by atoms with Gasteiger partial charge in [0.25, 0.3) is 0 Å². The molecular weight excluding hydrogens is 731 g/mol. The number of allylic oxidation sites excluding steroid dienone is 1. The molecule has 330 valence electrons. The number of hydrogen-bond acceptors (Lipinski definition) is 11. The van der Waals surface area contributed by atoms with E-state index in [0.29, 0.717) is 13.1 Å². The quantitative estimate of drug-likeness (QED) is 0.0306. The van der Waals surface area contributed by atoms with Crippen molar-refractivity contribution >= 4 is 36.3 Å². The van der Waals surface area contributed by atoms with Crippen LogP contribution in [0.15, 0.2) is 22.1 Å². The fourth-order valence-electron chi connectivity index (χ4n) is 4.91. The minimum atomic E-state index is -0.708. The lowest BCUT2D eigenvalue weighted by Crippen LogP contribution is -2.50. The van der Waals surface area contributed by atoms with Crippen LogP contribution in [0.3, 0.4) is 0 Å². The van der Waals surface area contributed by atoms with Gasteiger partial charge in [-0.2, -0.15) is 0 Å². The average Bonchev–Trinajstić information content (AvgIpc) is 3.02. The van der Waals surface area contributed by atoms with Gasteiger partial charge in [0.1, 0.15) is 22.4 Å². The van der Waals surface area contributed by atoms with E-state index in [4.69, 9.17) is 18.9 Å². The summed E-state index contributed by atoms with van der Waals surface area (Å²) in [5.41, 5.74) is -2.77. The molecule has 0 saturated carbocycles. The van der Waals surface area contributed by atoms with E-state index in [1.54, 1.807) is 89.2 Å². The Balaban J connectivity index is 4.43. The van der Waals surface area contributed by atoms with Gasteiger partial charge in [-0.05, 0) is 129 Å². The molecule has 0 saturated heterocycles. The van der Waals surface area contributed by atoms with Crippen molar-refractivity contribution in [2.75, 3.05) is 32.7 Å². The zero-order valence-electron chi connectivity index (χ0n) is 37.8. The molecule has 0 heterocycles. The van der Waals surface area contributed by atoms with E-state index < -0.39 is 46.8 Å². The Kier molecular flexibility index (Phi) is 25.8. The summed E-state index contributed by atoms with van der Waals surface area (Å²) in [4.78, 5) is 60.4. The van der Waals surface area contributed by atoms with Gasteiger partial charge in [0.05, 0.1) is 6.54 Å². The van der Waals surface area contributed by atoms with Gasteiger partial charge in [0, 0.05) is 13.1 Å². The van der Waals surface area contributed by atoms with Crippen molar-refractivity contribution in [3.63, 3.8) is 0 Å². The van der Waals surface area contributed by atoms with Crippen LogP contribution in [0, 0.1) is 0 Å². The molecule has 0 fully saturated rings. The first-order valence-corrected chi connectivity index (χ1v) is 20.8. The number of nitrogens with one attached hydrogen (secondary N) is 4. The Morgan fingerprint density at radius 2 is 0.877 bits per heavy atom. The topological polar surface area (TPSA) is 181 Å². The van der Waals surface area contributed by atoms with Crippen LogP contribution >= 0.6 is 0 Å². The number of aliphatic imine (C=N–C) groups is 2. The van der Waals surface area contributed by atoms with Gasteiger partial charge < -0.3 is 24.3 Å². The molecule has 0 atom stereocenters. The van der Waals surface area contributed by atoms with Gasteiger partial charge in [-0.1, -0.05) is 63.5 Å². The molecule has 15 heteroatoms. The van der Waals surface area contributed by atoms with Crippen molar-refractivity contribution in [2.45, 2.75) is 189 Å². The minimum absolute atomic E-state index is 0.0141. The summed E-state index contributed by atoms with van der Waals surface area (Å²) in [5.74, 6) is 0.129. The van der Waals surface area contributed by atoms with Crippen LogP contribution in [0.2, 0.25) is 0 Å². The second kappa shape index (κ2) is 27.7. The van der Waals surface area contributed by atoms with Crippen LogP contribution in [-0.2, 0) is 18.9 Å². The third-order valence-electron chi connectivity index (χ3n) is 7.30. The van der Waals surface area contributed by atoms with Crippen molar-refractivity contribution in [3.05, 3.63) is 12.2 Å². The van der Waals surface area contributed by atoms with Crippen LogP contribution in [0.1, 0.15) is 167 Å². The van der Waals surface area contributed by atoms with Crippen LogP contribution < -0.4 is 21.3 Å². The molecule has 0 aliphatic rings. The zero-order valence-corrected chi connectivity index (χ0v) is 37.8. The van der Waals surface area contributed by atoms with Crippen LogP contribution in [0.4, 0.5) is 19.2 Å². The smallest absolute Gasteiger partial charge is 0.417 e. The number of carbonyl (C=O) groups excluding carboxylic acids is 4. The van der Waals surface area contributed by atoms with Crippen molar-refractivity contribution in [2.24, 2.45) is 9.98 Å². The Morgan fingerprint density at radius 1 is 0.509 bits per heavy atom. The average molecular weight is 810 g/mol. The fourth-order valence-corrected chi connectivity index (χ4v) is 4.91. The van der Waals surface area contributed by atoms with E-state index in [9.17, 15) is 19.2 Å². The van der Waals surface area contributed by atoms with Gasteiger partial charge in [-0.3, -0.25) is 25.9 Å². The monoisotopic (exact) mass is 810 g/mol. The Bertz CT molecular complexity index is 1240. The number of carbonyl (C=O) groups is 4. The highest BCUT2D eigenvalue weighted by molar-refractivity contribution is 6.02. The molecule has 0 aliphatic heterocycles. The molecular formula is C42H79N7O8. The lowest BCUT2D eigenvalue weighted by Gasteiger charge is -2.28. The van der Waals surface area contributed by atoms with Gasteiger partial charge in [-0.15, -0.1) is 0 Å². The summed E-state index contributed by atoms with van der Waals surface area (Å²) in [5, 5.41) is 11.2. The van der Waals surface area contributed by atoms with Crippen molar-refractivity contribution in [1.29, 1.82) is 0 Å². The largest absolute Gasteiger partial charge is 0.444 e. The SMILES string of the molecule is C/C=C/CN(C(=O)OC(C)(C)C)C(=NCCCCCCCCNCCCCCCCCN=C(NC(=O)OC(C)(C)C)NC(=O)OC(C)(C)C)NC(=O)OC(C)(C)C. The zero-order chi connectivity index (χ0) is 43.5. The molecule has 0 rings (SSSR count).